The lowest BCUT2D eigenvalue weighted by Gasteiger charge is -2.35. The van der Waals surface area contributed by atoms with E-state index < -0.39 is 10.0 Å². The fourth-order valence-electron chi connectivity index (χ4n) is 2.90. The summed E-state index contributed by atoms with van der Waals surface area (Å²) in [6.45, 7) is 7.32. The number of aromatic nitrogens is 1. The molecule has 2 heterocycles. The Labute approximate surface area is 179 Å². The van der Waals surface area contributed by atoms with Crippen LogP contribution in [0.5, 0.6) is 0 Å². The largest absolute Gasteiger partial charge is 0.355 e. The van der Waals surface area contributed by atoms with Crippen LogP contribution < -0.4 is 15.4 Å². The molecule has 0 unspecified atom stereocenters. The average Bonchev–Trinajstić information content (AvgIpc) is 2.65. The minimum absolute atomic E-state index is 0. The van der Waals surface area contributed by atoms with Crippen LogP contribution >= 0.6 is 24.0 Å². The van der Waals surface area contributed by atoms with Gasteiger partial charge in [-0.25, -0.2) is 13.1 Å². The molecule has 10 heteroatoms. The van der Waals surface area contributed by atoms with Crippen LogP contribution in [0.1, 0.15) is 26.7 Å². The Balaban J connectivity index is 0.00000364. The number of nitrogens with one attached hydrogen (secondary N) is 3. The number of nitrogens with zero attached hydrogens (tertiary/aromatic N) is 3. The summed E-state index contributed by atoms with van der Waals surface area (Å²) in [5.41, 5.74) is 0. The van der Waals surface area contributed by atoms with Crippen molar-refractivity contribution in [3.8, 4) is 0 Å². The third-order valence-corrected chi connectivity index (χ3v) is 5.92. The number of piperidine rings is 1. The van der Waals surface area contributed by atoms with Gasteiger partial charge in [-0.05, 0) is 38.8 Å². The molecule has 0 atom stereocenters. The first kappa shape index (κ1) is 24.1. The van der Waals surface area contributed by atoms with Crippen molar-refractivity contribution in [1.82, 2.24) is 25.2 Å². The lowest BCUT2D eigenvalue weighted by Crippen LogP contribution is -2.50. The summed E-state index contributed by atoms with van der Waals surface area (Å²) in [7, 11) is -1.80. The highest BCUT2D eigenvalue weighted by molar-refractivity contribution is 14.0. The molecular formula is C17H31IN6O2S. The Kier molecular flexibility index (Phi) is 10.5. The molecule has 154 valence electrons. The molecule has 0 aromatic carbocycles. The second kappa shape index (κ2) is 11.8. The van der Waals surface area contributed by atoms with Crippen molar-refractivity contribution in [2.45, 2.75) is 43.7 Å². The van der Waals surface area contributed by atoms with Gasteiger partial charge in [-0.15, -0.1) is 24.0 Å². The summed E-state index contributed by atoms with van der Waals surface area (Å²) >= 11 is 0. The van der Waals surface area contributed by atoms with Gasteiger partial charge in [0.1, 0.15) is 4.90 Å². The Morgan fingerprint density at radius 2 is 2.04 bits per heavy atom. The van der Waals surface area contributed by atoms with E-state index in [-0.39, 0.29) is 35.4 Å². The van der Waals surface area contributed by atoms with Gasteiger partial charge in [-0.2, -0.15) is 0 Å². The third kappa shape index (κ3) is 7.88. The summed E-state index contributed by atoms with van der Waals surface area (Å²) in [5.74, 6) is 0.702. The molecule has 0 aliphatic carbocycles. The van der Waals surface area contributed by atoms with Crippen molar-refractivity contribution < 1.29 is 8.42 Å². The zero-order chi connectivity index (χ0) is 19.0. The van der Waals surface area contributed by atoms with Gasteiger partial charge in [0, 0.05) is 57.7 Å². The Morgan fingerprint density at radius 3 is 2.59 bits per heavy atom. The molecule has 1 saturated heterocycles. The number of halogens is 1. The van der Waals surface area contributed by atoms with Crippen LogP contribution in [0.3, 0.4) is 0 Å². The van der Waals surface area contributed by atoms with E-state index in [0.29, 0.717) is 24.6 Å². The number of sulfonamides is 1. The zero-order valence-electron chi connectivity index (χ0n) is 16.2. The second-order valence-corrected chi connectivity index (χ2v) is 8.40. The molecule has 0 saturated carbocycles. The summed E-state index contributed by atoms with van der Waals surface area (Å²) in [5, 5.41) is 6.58. The minimum atomic E-state index is -3.52. The minimum Gasteiger partial charge on any atom is -0.355 e. The zero-order valence-corrected chi connectivity index (χ0v) is 19.3. The topological polar surface area (TPSA) is 98.7 Å². The quantitative estimate of drug-likeness (QED) is 0.219. The summed E-state index contributed by atoms with van der Waals surface area (Å²) in [6.07, 6.45) is 5.03. The van der Waals surface area contributed by atoms with E-state index in [2.05, 4.69) is 44.1 Å². The highest BCUT2D eigenvalue weighted by atomic mass is 127. The predicted molar refractivity (Wildman–Crippen MR) is 119 cm³/mol. The highest BCUT2D eigenvalue weighted by Gasteiger charge is 2.21. The molecule has 0 spiro atoms. The molecule has 0 bridgehead atoms. The molecule has 1 aromatic rings. The van der Waals surface area contributed by atoms with Crippen molar-refractivity contribution in [2.24, 2.45) is 4.99 Å². The molecule has 27 heavy (non-hydrogen) atoms. The number of rotatable bonds is 7. The van der Waals surface area contributed by atoms with Crippen molar-refractivity contribution in [3.63, 3.8) is 0 Å². The number of pyridine rings is 1. The number of hydrogen-bond donors (Lipinski definition) is 3. The Morgan fingerprint density at radius 1 is 1.33 bits per heavy atom. The molecule has 2 rings (SSSR count). The van der Waals surface area contributed by atoms with Crippen LogP contribution in [0.15, 0.2) is 34.4 Å². The van der Waals surface area contributed by atoms with E-state index in [0.717, 1.165) is 25.9 Å². The molecule has 1 aliphatic rings. The summed E-state index contributed by atoms with van der Waals surface area (Å²) in [6, 6.07) is 4.10. The molecule has 0 amide bonds. The smallest absolute Gasteiger partial charge is 0.242 e. The van der Waals surface area contributed by atoms with Gasteiger partial charge in [-0.3, -0.25) is 9.98 Å². The monoisotopic (exact) mass is 510 g/mol. The summed E-state index contributed by atoms with van der Waals surface area (Å²) < 4.78 is 26.8. The maximum Gasteiger partial charge on any atom is 0.242 e. The molecule has 1 aromatic heterocycles. The number of hydrogen-bond acceptors (Lipinski definition) is 5. The molecule has 3 N–H and O–H groups in total. The van der Waals surface area contributed by atoms with E-state index in [1.54, 1.807) is 19.3 Å². The first-order valence-electron chi connectivity index (χ1n) is 9.03. The van der Waals surface area contributed by atoms with Gasteiger partial charge < -0.3 is 15.5 Å². The van der Waals surface area contributed by atoms with Crippen molar-refractivity contribution in [1.29, 1.82) is 0 Å². The maximum absolute atomic E-state index is 12.1. The fraction of sp³-hybridized carbons (Fsp3) is 0.647. The van der Waals surface area contributed by atoms with E-state index in [1.165, 1.54) is 12.3 Å². The first-order chi connectivity index (χ1) is 12.4. The van der Waals surface area contributed by atoms with Crippen molar-refractivity contribution in [2.75, 3.05) is 33.2 Å². The van der Waals surface area contributed by atoms with Crippen LogP contribution in [0.4, 0.5) is 0 Å². The lowest BCUT2D eigenvalue weighted by atomic mass is 10.0. The van der Waals surface area contributed by atoms with E-state index in [1.807, 2.05) is 0 Å². The third-order valence-electron chi connectivity index (χ3n) is 4.48. The number of guanidine groups is 1. The summed E-state index contributed by atoms with van der Waals surface area (Å²) in [4.78, 5) is 10.7. The number of aliphatic imine (C=N–C) groups is 1. The van der Waals surface area contributed by atoms with Gasteiger partial charge in [0.25, 0.3) is 0 Å². The fourth-order valence-corrected chi connectivity index (χ4v) is 3.90. The predicted octanol–water partition coefficient (Wildman–Crippen LogP) is 1.02. The Bertz CT molecular complexity index is 676. The van der Waals surface area contributed by atoms with Crippen LogP contribution in [-0.2, 0) is 10.0 Å². The second-order valence-electron chi connectivity index (χ2n) is 6.63. The van der Waals surface area contributed by atoms with Crippen LogP contribution in [-0.4, -0.2) is 69.6 Å². The van der Waals surface area contributed by atoms with E-state index in [4.69, 9.17) is 0 Å². The average molecular weight is 510 g/mol. The Hall–Kier alpha value is -0.980. The van der Waals surface area contributed by atoms with Crippen molar-refractivity contribution >= 4 is 40.0 Å². The maximum atomic E-state index is 12.1. The normalized spacial score (nSPS) is 16.8. The molecular weight excluding hydrogens is 479 g/mol. The van der Waals surface area contributed by atoms with E-state index >= 15 is 0 Å². The lowest BCUT2D eigenvalue weighted by molar-refractivity contribution is 0.167. The van der Waals surface area contributed by atoms with Gasteiger partial charge in [0.15, 0.2) is 5.96 Å². The van der Waals surface area contributed by atoms with Gasteiger partial charge in [0.2, 0.25) is 10.0 Å². The standard InChI is InChI=1S/C17H30N6O2S.HI/c1-14(2)23-11-6-15(7-12-23)22-17(18-3)20-9-10-21-26(24,25)16-5-4-8-19-13-16;/h4-5,8,13-15,21H,6-7,9-12H2,1-3H3,(H2,18,20,22);1H. The van der Waals surface area contributed by atoms with Crippen LogP contribution in [0, 0.1) is 0 Å². The van der Waals surface area contributed by atoms with Gasteiger partial charge >= 0.3 is 0 Å². The molecule has 8 nitrogen and oxygen atoms in total. The van der Waals surface area contributed by atoms with Crippen molar-refractivity contribution in [3.05, 3.63) is 24.5 Å². The van der Waals surface area contributed by atoms with E-state index in [9.17, 15) is 8.42 Å². The molecule has 0 radical (unpaired) electrons. The van der Waals surface area contributed by atoms with Gasteiger partial charge in [-0.1, -0.05) is 0 Å². The van der Waals surface area contributed by atoms with Gasteiger partial charge in [0.05, 0.1) is 0 Å². The SMILES string of the molecule is CN=C(NCCNS(=O)(=O)c1cccnc1)NC1CCN(C(C)C)CC1.I. The van der Waals surface area contributed by atoms with Crippen LogP contribution in [0.25, 0.3) is 0 Å². The first-order valence-corrected chi connectivity index (χ1v) is 10.5. The highest BCUT2D eigenvalue weighted by Crippen LogP contribution is 2.12. The molecule has 1 fully saturated rings. The molecule has 1 aliphatic heterocycles. The van der Waals surface area contributed by atoms with Crippen LogP contribution in [0.2, 0.25) is 0 Å². The number of likely N-dealkylation sites (tertiary alicyclic amines) is 1.